The summed E-state index contributed by atoms with van der Waals surface area (Å²) < 4.78 is 0. The van der Waals surface area contributed by atoms with Gasteiger partial charge in [-0.25, -0.2) is 0 Å². The van der Waals surface area contributed by atoms with Gasteiger partial charge in [-0.05, 0) is 0 Å². The van der Waals surface area contributed by atoms with E-state index in [1.165, 1.54) is 6.92 Å². The van der Waals surface area contributed by atoms with Crippen molar-refractivity contribution in [3.05, 3.63) is 21.1 Å². The predicted molar refractivity (Wildman–Crippen MR) is 42.6 cm³/mol. The van der Waals surface area contributed by atoms with E-state index in [9.17, 15) is 14.9 Å². The third kappa shape index (κ3) is 1.42. The minimum Gasteiger partial charge on any atom is -0.506 e. The van der Waals surface area contributed by atoms with Crippen LogP contribution in [0.15, 0.2) is 6.07 Å². The van der Waals surface area contributed by atoms with E-state index < -0.39 is 4.92 Å². The Labute approximate surface area is 71.4 Å². The zero-order valence-electron chi connectivity index (χ0n) is 6.10. The van der Waals surface area contributed by atoms with Crippen molar-refractivity contribution in [3.8, 4) is 5.75 Å². The maximum absolute atomic E-state index is 10.7. The molecule has 0 unspecified atom stereocenters. The average Bonchev–Trinajstić information content (AvgIpc) is 2.30. The topological polar surface area (TPSA) is 80.4 Å². The standard InChI is InChI=1S/C6H5NO4S/c1-3(8)6-4(9)2-5(12-6)7(10)11/h2,9H,1H3. The summed E-state index contributed by atoms with van der Waals surface area (Å²) in [5.41, 5.74) is 0. The molecule has 1 aromatic rings. The molecule has 0 aliphatic heterocycles. The fraction of sp³-hybridized carbons (Fsp3) is 0.167. The molecule has 0 amide bonds. The van der Waals surface area contributed by atoms with Crippen LogP contribution in [0.25, 0.3) is 0 Å². The second-order valence-corrected chi connectivity index (χ2v) is 3.14. The molecule has 0 bridgehead atoms. The van der Waals surface area contributed by atoms with Gasteiger partial charge in [0.25, 0.3) is 0 Å². The molecule has 0 spiro atoms. The molecule has 1 rings (SSSR count). The SMILES string of the molecule is CC(=O)c1sc([N+](=O)[O-])cc1O. The van der Waals surface area contributed by atoms with E-state index in [0.717, 1.165) is 6.07 Å². The highest BCUT2D eigenvalue weighted by atomic mass is 32.1. The normalized spacial score (nSPS) is 9.75. The lowest BCUT2D eigenvalue weighted by molar-refractivity contribution is -0.380. The van der Waals surface area contributed by atoms with Crippen LogP contribution in [0.2, 0.25) is 0 Å². The minimum absolute atomic E-state index is 0.0294. The van der Waals surface area contributed by atoms with Gasteiger partial charge in [0, 0.05) is 6.92 Å². The zero-order chi connectivity index (χ0) is 9.30. The Kier molecular flexibility index (Phi) is 2.09. The first kappa shape index (κ1) is 8.66. The van der Waals surface area contributed by atoms with Gasteiger partial charge in [-0.3, -0.25) is 14.9 Å². The molecule has 12 heavy (non-hydrogen) atoms. The quantitative estimate of drug-likeness (QED) is 0.432. The molecule has 5 nitrogen and oxygen atoms in total. The van der Waals surface area contributed by atoms with Crippen molar-refractivity contribution < 1.29 is 14.8 Å². The lowest BCUT2D eigenvalue weighted by Gasteiger charge is -1.85. The van der Waals surface area contributed by atoms with Crippen molar-refractivity contribution in [2.45, 2.75) is 6.92 Å². The Morgan fingerprint density at radius 2 is 2.33 bits per heavy atom. The highest BCUT2D eigenvalue weighted by molar-refractivity contribution is 7.17. The van der Waals surface area contributed by atoms with Crippen LogP contribution in [0.5, 0.6) is 5.75 Å². The van der Waals surface area contributed by atoms with Crippen LogP contribution in [0.3, 0.4) is 0 Å². The van der Waals surface area contributed by atoms with Gasteiger partial charge in [-0.2, -0.15) is 0 Å². The van der Waals surface area contributed by atoms with Gasteiger partial charge in [0.15, 0.2) is 5.78 Å². The molecule has 0 atom stereocenters. The number of aromatic hydroxyl groups is 1. The minimum atomic E-state index is -0.642. The molecule has 0 aromatic carbocycles. The summed E-state index contributed by atoms with van der Waals surface area (Å²) in [5.74, 6) is -0.690. The first-order valence-electron chi connectivity index (χ1n) is 3.00. The largest absolute Gasteiger partial charge is 0.506 e. The van der Waals surface area contributed by atoms with Crippen molar-refractivity contribution in [3.63, 3.8) is 0 Å². The molecule has 1 N–H and O–H groups in total. The molecule has 64 valence electrons. The van der Waals surface area contributed by atoms with Gasteiger partial charge in [0.05, 0.1) is 11.0 Å². The summed E-state index contributed by atoms with van der Waals surface area (Å²) >= 11 is 0.677. The summed E-state index contributed by atoms with van der Waals surface area (Å²) in [7, 11) is 0. The van der Waals surface area contributed by atoms with Crippen molar-refractivity contribution in [1.29, 1.82) is 0 Å². The van der Waals surface area contributed by atoms with Crippen LogP contribution >= 0.6 is 11.3 Å². The van der Waals surface area contributed by atoms with E-state index in [2.05, 4.69) is 0 Å². The number of rotatable bonds is 2. The number of nitrogens with zero attached hydrogens (tertiary/aromatic N) is 1. The van der Waals surface area contributed by atoms with Crippen molar-refractivity contribution in [1.82, 2.24) is 0 Å². The monoisotopic (exact) mass is 187 g/mol. The van der Waals surface area contributed by atoms with E-state index >= 15 is 0 Å². The molecule has 1 aromatic heterocycles. The van der Waals surface area contributed by atoms with E-state index in [0.29, 0.717) is 11.3 Å². The van der Waals surface area contributed by atoms with Crippen LogP contribution in [-0.4, -0.2) is 15.8 Å². The number of Topliss-reactive ketones (excluding diaryl/α,β-unsaturated/α-hetero) is 1. The Balaban J connectivity index is 3.17. The van der Waals surface area contributed by atoms with Gasteiger partial charge in [0.2, 0.25) is 0 Å². The van der Waals surface area contributed by atoms with E-state index in [-0.39, 0.29) is 21.4 Å². The van der Waals surface area contributed by atoms with Crippen LogP contribution in [0.1, 0.15) is 16.6 Å². The Bertz CT molecular complexity index is 343. The van der Waals surface area contributed by atoms with Crippen LogP contribution in [-0.2, 0) is 0 Å². The molecule has 0 saturated heterocycles. The first-order chi connectivity index (χ1) is 5.52. The van der Waals surface area contributed by atoms with Gasteiger partial charge < -0.3 is 5.11 Å². The highest BCUT2D eigenvalue weighted by Gasteiger charge is 2.18. The van der Waals surface area contributed by atoms with Crippen molar-refractivity contribution in [2.75, 3.05) is 0 Å². The molecular formula is C6H5NO4S. The molecule has 0 aliphatic rings. The zero-order valence-corrected chi connectivity index (χ0v) is 6.92. The van der Waals surface area contributed by atoms with Gasteiger partial charge in [-0.15, -0.1) is 0 Å². The lowest BCUT2D eigenvalue weighted by Crippen LogP contribution is -1.85. The Morgan fingerprint density at radius 3 is 2.58 bits per heavy atom. The van der Waals surface area contributed by atoms with E-state index in [1.807, 2.05) is 0 Å². The molecule has 0 fully saturated rings. The van der Waals surface area contributed by atoms with Gasteiger partial charge in [0.1, 0.15) is 10.6 Å². The molecule has 0 radical (unpaired) electrons. The molecule has 6 heteroatoms. The van der Waals surface area contributed by atoms with Gasteiger partial charge >= 0.3 is 5.00 Å². The number of nitro groups is 1. The average molecular weight is 187 g/mol. The van der Waals surface area contributed by atoms with Crippen molar-refractivity contribution >= 4 is 22.1 Å². The first-order valence-corrected chi connectivity index (χ1v) is 3.82. The second-order valence-electron chi connectivity index (χ2n) is 2.11. The molecular weight excluding hydrogens is 182 g/mol. The lowest BCUT2D eigenvalue weighted by atomic mass is 10.3. The third-order valence-corrected chi connectivity index (χ3v) is 2.38. The summed E-state index contributed by atoms with van der Waals surface area (Å²) in [6.45, 7) is 1.25. The maximum atomic E-state index is 10.7. The number of carbonyl (C=O) groups is 1. The smallest absolute Gasteiger partial charge is 0.328 e. The fourth-order valence-corrected chi connectivity index (χ4v) is 1.47. The van der Waals surface area contributed by atoms with E-state index in [4.69, 9.17) is 5.11 Å². The maximum Gasteiger partial charge on any atom is 0.328 e. The second kappa shape index (κ2) is 2.90. The number of hydrogen-bond acceptors (Lipinski definition) is 5. The van der Waals surface area contributed by atoms with Gasteiger partial charge in [-0.1, -0.05) is 11.3 Å². The Hall–Kier alpha value is -1.43. The van der Waals surface area contributed by atoms with E-state index in [1.54, 1.807) is 0 Å². The summed E-state index contributed by atoms with van der Waals surface area (Å²) in [4.78, 5) is 20.3. The summed E-state index contributed by atoms with van der Waals surface area (Å²) in [6.07, 6.45) is 0. The van der Waals surface area contributed by atoms with Crippen LogP contribution in [0, 0.1) is 10.1 Å². The Morgan fingerprint density at radius 1 is 1.75 bits per heavy atom. The van der Waals surface area contributed by atoms with Crippen molar-refractivity contribution in [2.24, 2.45) is 0 Å². The number of thiophene rings is 1. The van der Waals surface area contributed by atoms with Crippen LogP contribution in [0.4, 0.5) is 5.00 Å². The third-order valence-electron chi connectivity index (χ3n) is 1.20. The molecule has 1 heterocycles. The highest BCUT2D eigenvalue weighted by Crippen LogP contribution is 2.33. The molecule has 0 aliphatic carbocycles. The number of hydrogen-bond donors (Lipinski definition) is 1. The predicted octanol–water partition coefficient (Wildman–Crippen LogP) is 1.56. The number of carbonyl (C=O) groups excluding carboxylic acids is 1. The summed E-state index contributed by atoms with van der Waals surface area (Å²) in [6, 6.07) is 0.974. The number of ketones is 1. The molecule has 0 saturated carbocycles. The van der Waals surface area contributed by atoms with Crippen LogP contribution < -0.4 is 0 Å². The fourth-order valence-electron chi connectivity index (χ4n) is 0.711. The summed E-state index contributed by atoms with van der Waals surface area (Å²) in [5, 5.41) is 19.0.